The number of halogens is 2. The van der Waals surface area contributed by atoms with Gasteiger partial charge in [0.2, 0.25) is 0 Å². The normalized spacial score (nSPS) is 18.5. The average Bonchev–Trinajstić information content (AvgIpc) is 2.94. The topological polar surface area (TPSA) is 45.7 Å². The third-order valence-corrected chi connectivity index (χ3v) is 3.18. The molecule has 1 heterocycles. The summed E-state index contributed by atoms with van der Waals surface area (Å²) in [7, 11) is 1.74. The van der Waals surface area contributed by atoms with Gasteiger partial charge in [0.05, 0.1) is 6.61 Å². The standard InChI is InChI=1S/C14H20FN3O.HI/c1-16-14(18-9-12-6-7-19-10-12)17-8-11-2-4-13(15)5-3-11;/h2-5,12H,6-10H2,1H3,(H2,16,17,18);1H. The minimum absolute atomic E-state index is 0. The van der Waals surface area contributed by atoms with Crippen molar-refractivity contribution >= 4 is 29.9 Å². The molecular weight excluding hydrogens is 372 g/mol. The second kappa shape index (κ2) is 9.12. The lowest BCUT2D eigenvalue weighted by atomic mass is 10.1. The third-order valence-electron chi connectivity index (χ3n) is 3.18. The Morgan fingerprint density at radius 3 is 2.70 bits per heavy atom. The molecule has 20 heavy (non-hydrogen) atoms. The van der Waals surface area contributed by atoms with E-state index >= 15 is 0 Å². The Morgan fingerprint density at radius 1 is 1.35 bits per heavy atom. The molecular formula is C14H21FIN3O. The maximum atomic E-state index is 12.8. The molecule has 2 N–H and O–H groups in total. The van der Waals surface area contributed by atoms with Crippen LogP contribution < -0.4 is 10.6 Å². The number of aliphatic imine (C=N–C) groups is 1. The minimum atomic E-state index is -0.215. The van der Waals surface area contributed by atoms with Gasteiger partial charge in [-0.05, 0) is 24.1 Å². The predicted octanol–water partition coefficient (Wildman–Crippen LogP) is 2.15. The van der Waals surface area contributed by atoms with Crippen molar-refractivity contribution in [2.45, 2.75) is 13.0 Å². The van der Waals surface area contributed by atoms with Gasteiger partial charge in [0, 0.05) is 32.7 Å². The molecule has 1 aromatic rings. The van der Waals surface area contributed by atoms with Crippen molar-refractivity contribution in [3.63, 3.8) is 0 Å². The Balaban J connectivity index is 0.00000200. The highest BCUT2D eigenvalue weighted by Gasteiger charge is 2.15. The summed E-state index contributed by atoms with van der Waals surface area (Å²) < 4.78 is 18.1. The van der Waals surface area contributed by atoms with E-state index < -0.39 is 0 Å². The summed E-state index contributed by atoms with van der Waals surface area (Å²) in [5.41, 5.74) is 1.02. The first-order chi connectivity index (χ1) is 9.28. The zero-order valence-electron chi connectivity index (χ0n) is 11.6. The summed E-state index contributed by atoms with van der Waals surface area (Å²) in [4.78, 5) is 4.16. The highest BCUT2D eigenvalue weighted by atomic mass is 127. The molecule has 0 spiro atoms. The van der Waals surface area contributed by atoms with Gasteiger partial charge >= 0.3 is 0 Å². The van der Waals surface area contributed by atoms with Crippen LogP contribution in [0.2, 0.25) is 0 Å². The Labute approximate surface area is 136 Å². The fourth-order valence-corrected chi connectivity index (χ4v) is 1.99. The molecule has 0 aliphatic carbocycles. The number of rotatable bonds is 4. The summed E-state index contributed by atoms with van der Waals surface area (Å²) in [6.45, 7) is 3.17. The Morgan fingerprint density at radius 2 is 2.10 bits per heavy atom. The lowest BCUT2D eigenvalue weighted by molar-refractivity contribution is 0.186. The second-order valence-electron chi connectivity index (χ2n) is 4.66. The molecule has 112 valence electrons. The molecule has 1 aliphatic heterocycles. The molecule has 1 aromatic carbocycles. The van der Waals surface area contributed by atoms with Gasteiger partial charge in [0.15, 0.2) is 5.96 Å². The maximum Gasteiger partial charge on any atom is 0.191 e. The largest absolute Gasteiger partial charge is 0.381 e. The summed E-state index contributed by atoms with van der Waals surface area (Å²) in [5, 5.41) is 6.48. The monoisotopic (exact) mass is 393 g/mol. The van der Waals surface area contributed by atoms with E-state index in [9.17, 15) is 4.39 Å². The van der Waals surface area contributed by atoms with Crippen LogP contribution in [0, 0.1) is 11.7 Å². The van der Waals surface area contributed by atoms with Crippen molar-refractivity contribution < 1.29 is 9.13 Å². The fraction of sp³-hybridized carbons (Fsp3) is 0.500. The van der Waals surface area contributed by atoms with Gasteiger partial charge < -0.3 is 15.4 Å². The molecule has 1 saturated heterocycles. The van der Waals surface area contributed by atoms with Crippen LogP contribution in [0.1, 0.15) is 12.0 Å². The van der Waals surface area contributed by atoms with Gasteiger partial charge in [-0.1, -0.05) is 12.1 Å². The highest BCUT2D eigenvalue weighted by Crippen LogP contribution is 2.10. The molecule has 0 bridgehead atoms. The number of benzene rings is 1. The van der Waals surface area contributed by atoms with Gasteiger partial charge in [-0.3, -0.25) is 4.99 Å². The quantitative estimate of drug-likeness (QED) is 0.468. The summed E-state index contributed by atoms with van der Waals surface area (Å²) in [6, 6.07) is 6.45. The van der Waals surface area contributed by atoms with Crippen molar-refractivity contribution in [2.24, 2.45) is 10.9 Å². The van der Waals surface area contributed by atoms with E-state index in [-0.39, 0.29) is 29.8 Å². The van der Waals surface area contributed by atoms with Crippen LogP contribution in [0.25, 0.3) is 0 Å². The van der Waals surface area contributed by atoms with Crippen LogP contribution in [-0.4, -0.2) is 32.8 Å². The number of nitrogens with zero attached hydrogens (tertiary/aromatic N) is 1. The first kappa shape index (κ1) is 17.2. The van der Waals surface area contributed by atoms with Crippen molar-refractivity contribution in [2.75, 3.05) is 26.8 Å². The van der Waals surface area contributed by atoms with Crippen LogP contribution in [0.3, 0.4) is 0 Å². The van der Waals surface area contributed by atoms with Gasteiger partial charge in [0.25, 0.3) is 0 Å². The third kappa shape index (κ3) is 5.62. The summed E-state index contributed by atoms with van der Waals surface area (Å²) in [6.07, 6.45) is 1.10. The van der Waals surface area contributed by atoms with Gasteiger partial charge in [-0.25, -0.2) is 4.39 Å². The van der Waals surface area contributed by atoms with Gasteiger partial charge in [-0.2, -0.15) is 0 Å². The molecule has 1 fully saturated rings. The van der Waals surface area contributed by atoms with E-state index in [1.165, 1.54) is 12.1 Å². The van der Waals surface area contributed by atoms with Crippen molar-refractivity contribution in [3.8, 4) is 0 Å². The van der Waals surface area contributed by atoms with Crippen LogP contribution in [-0.2, 0) is 11.3 Å². The number of ether oxygens (including phenoxy) is 1. The van der Waals surface area contributed by atoms with Crippen LogP contribution in [0.4, 0.5) is 4.39 Å². The maximum absolute atomic E-state index is 12.8. The number of hydrogen-bond acceptors (Lipinski definition) is 2. The van der Waals surface area contributed by atoms with Crippen LogP contribution in [0.5, 0.6) is 0 Å². The van der Waals surface area contributed by atoms with E-state index in [2.05, 4.69) is 15.6 Å². The molecule has 1 atom stereocenters. The molecule has 4 nitrogen and oxygen atoms in total. The second-order valence-corrected chi connectivity index (χ2v) is 4.66. The predicted molar refractivity (Wildman–Crippen MR) is 88.9 cm³/mol. The Hall–Kier alpha value is -0.890. The zero-order chi connectivity index (χ0) is 13.5. The van der Waals surface area contributed by atoms with Crippen molar-refractivity contribution in [1.29, 1.82) is 0 Å². The molecule has 1 unspecified atom stereocenters. The lowest BCUT2D eigenvalue weighted by Gasteiger charge is -2.14. The molecule has 0 saturated carbocycles. The highest BCUT2D eigenvalue weighted by molar-refractivity contribution is 14.0. The molecule has 0 amide bonds. The van der Waals surface area contributed by atoms with E-state index in [1.807, 2.05) is 0 Å². The first-order valence-electron chi connectivity index (χ1n) is 6.54. The average molecular weight is 393 g/mol. The number of guanidine groups is 1. The fourth-order valence-electron chi connectivity index (χ4n) is 1.99. The summed E-state index contributed by atoms with van der Waals surface area (Å²) in [5.74, 6) is 1.10. The zero-order valence-corrected chi connectivity index (χ0v) is 13.9. The van der Waals surface area contributed by atoms with E-state index in [1.54, 1.807) is 19.2 Å². The number of hydrogen-bond donors (Lipinski definition) is 2. The lowest BCUT2D eigenvalue weighted by Crippen LogP contribution is -2.39. The number of nitrogens with one attached hydrogen (secondary N) is 2. The Bertz CT molecular complexity index is 419. The first-order valence-corrected chi connectivity index (χ1v) is 6.54. The molecule has 0 aromatic heterocycles. The van der Waals surface area contributed by atoms with Gasteiger partial charge in [-0.15, -0.1) is 24.0 Å². The van der Waals surface area contributed by atoms with Crippen LogP contribution >= 0.6 is 24.0 Å². The molecule has 6 heteroatoms. The van der Waals surface area contributed by atoms with Crippen molar-refractivity contribution in [3.05, 3.63) is 35.6 Å². The molecule has 2 rings (SSSR count). The summed E-state index contributed by atoms with van der Waals surface area (Å²) >= 11 is 0. The van der Waals surface area contributed by atoms with Crippen LogP contribution in [0.15, 0.2) is 29.3 Å². The Kier molecular flexibility index (Phi) is 7.83. The van der Waals surface area contributed by atoms with E-state index in [0.29, 0.717) is 12.5 Å². The molecule has 0 radical (unpaired) electrons. The molecule has 1 aliphatic rings. The van der Waals surface area contributed by atoms with E-state index in [4.69, 9.17) is 4.74 Å². The van der Waals surface area contributed by atoms with E-state index in [0.717, 1.165) is 37.7 Å². The SMILES string of the molecule is CN=C(NCc1ccc(F)cc1)NCC1CCOC1.I. The minimum Gasteiger partial charge on any atom is -0.381 e. The van der Waals surface area contributed by atoms with Gasteiger partial charge in [0.1, 0.15) is 5.82 Å². The smallest absolute Gasteiger partial charge is 0.191 e. The van der Waals surface area contributed by atoms with Crippen molar-refractivity contribution in [1.82, 2.24) is 10.6 Å².